The first-order valence-electron chi connectivity index (χ1n) is 5.52. The highest BCUT2D eigenvalue weighted by molar-refractivity contribution is 5.84. The molecule has 0 saturated carbocycles. The molecule has 0 aliphatic carbocycles. The average molecular weight is 239 g/mol. The van der Waals surface area contributed by atoms with E-state index >= 15 is 0 Å². The number of ether oxygens (including phenoxy) is 1. The molecule has 90 valence electrons. The van der Waals surface area contributed by atoms with E-state index in [4.69, 9.17) is 10.00 Å². The summed E-state index contributed by atoms with van der Waals surface area (Å²) in [6, 6.07) is 9.51. The molecule has 0 spiro atoms. The molecule has 1 N–H and O–H groups in total. The van der Waals surface area contributed by atoms with Gasteiger partial charge in [0, 0.05) is 11.9 Å². The molecule has 0 fully saturated rings. The zero-order chi connectivity index (χ0) is 13.0. The van der Waals surface area contributed by atoms with Gasteiger partial charge in [-0.2, -0.15) is 5.26 Å². The van der Waals surface area contributed by atoms with E-state index in [1.54, 1.807) is 19.3 Å². The monoisotopic (exact) mass is 239 g/mol. The zero-order valence-corrected chi connectivity index (χ0v) is 10.1. The molecule has 2 aromatic rings. The van der Waals surface area contributed by atoms with Crippen molar-refractivity contribution in [1.29, 1.82) is 5.26 Å². The molecule has 4 heteroatoms. The molecule has 4 nitrogen and oxygen atoms in total. The number of nitrogens with one attached hydrogen (secondary N) is 1. The summed E-state index contributed by atoms with van der Waals surface area (Å²) >= 11 is 0. The Labute approximate surface area is 106 Å². The predicted octanol–water partition coefficient (Wildman–Crippen LogP) is 2.71. The Morgan fingerprint density at radius 3 is 3.00 bits per heavy atom. The number of pyridine rings is 1. The molecule has 0 unspecified atom stereocenters. The number of nitrogens with zero attached hydrogens (tertiary/aromatic N) is 2. The minimum atomic E-state index is 0.512. The fourth-order valence-electron chi connectivity index (χ4n) is 1.67. The summed E-state index contributed by atoms with van der Waals surface area (Å²) in [7, 11) is 1.61. The molecule has 0 radical (unpaired) electrons. The number of benzene rings is 1. The molecule has 2 rings (SSSR count). The van der Waals surface area contributed by atoms with Crippen molar-refractivity contribution in [3.8, 4) is 11.8 Å². The topological polar surface area (TPSA) is 57.9 Å². The summed E-state index contributed by atoms with van der Waals surface area (Å²) in [4.78, 5) is 4.42. The van der Waals surface area contributed by atoms with Crippen LogP contribution in [0.4, 0.5) is 5.82 Å². The van der Waals surface area contributed by atoms with E-state index in [1.807, 2.05) is 18.2 Å². The minimum Gasteiger partial charge on any atom is -0.497 e. The van der Waals surface area contributed by atoms with Gasteiger partial charge in [0.1, 0.15) is 17.6 Å². The zero-order valence-electron chi connectivity index (χ0n) is 10.1. The van der Waals surface area contributed by atoms with Gasteiger partial charge in [-0.25, -0.2) is 4.98 Å². The van der Waals surface area contributed by atoms with Crippen molar-refractivity contribution >= 4 is 16.7 Å². The summed E-state index contributed by atoms with van der Waals surface area (Å²) in [5.74, 6) is 1.33. The molecule has 0 amide bonds. The molecular weight excluding hydrogens is 226 g/mol. The van der Waals surface area contributed by atoms with Crippen LogP contribution in [-0.4, -0.2) is 18.6 Å². The smallest absolute Gasteiger partial charge is 0.144 e. The second-order valence-corrected chi connectivity index (χ2v) is 3.72. The average Bonchev–Trinajstić information content (AvgIpc) is 2.43. The summed E-state index contributed by atoms with van der Waals surface area (Å²) in [5, 5.41) is 13.1. The van der Waals surface area contributed by atoms with Gasteiger partial charge in [0.25, 0.3) is 0 Å². The van der Waals surface area contributed by atoms with Gasteiger partial charge in [-0.05, 0) is 24.3 Å². The van der Waals surface area contributed by atoms with Crippen LogP contribution in [-0.2, 0) is 0 Å². The van der Waals surface area contributed by atoms with E-state index in [9.17, 15) is 0 Å². The van der Waals surface area contributed by atoms with Gasteiger partial charge in [-0.1, -0.05) is 6.08 Å². The van der Waals surface area contributed by atoms with Crippen LogP contribution >= 0.6 is 0 Å². The summed E-state index contributed by atoms with van der Waals surface area (Å²) in [5.41, 5.74) is 1.33. The van der Waals surface area contributed by atoms with Crippen molar-refractivity contribution in [1.82, 2.24) is 4.98 Å². The molecule has 0 bridgehead atoms. The van der Waals surface area contributed by atoms with Crippen molar-refractivity contribution in [2.75, 3.05) is 19.0 Å². The van der Waals surface area contributed by atoms with E-state index in [2.05, 4.69) is 22.9 Å². The number of anilines is 1. The van der Waals surface area contributed by atoms with Gasteiger partial charge in [0.05, 0.1) is 18.2 Å². The lowest BCUT2D eigenvalue weighted by molar-refractivity contribution is 0.415. The maximum absolute atomic E-state index is 9.12. The minimum absolute atomic E-state index is 0.512. The van der Waals surface area contributed by atoms with Crippen molar-refractivity contribution in [2.24, 2.45) is 0 Å². The molecule has 18 heavy (non-hydrogen) atoms. The van der Waals surface area contributed by atoms with Crippen LogP contribution in [0.1, 0.15) is 5.56 Å². The van der Waals surface area contributed by atoms with E-state index in [0.717, 1.165) is 16.7 Å². The molecule has 0 aliphatic rings. The fraction of sp³-hybridized carbons (Fsp3) is 0.143. The van der Waals surface area contributed by atoms with Crippen LogP contribution in [0.5, 0.6) is 5.75 Å². The lowest BCUT2D eigenvalue weighted by Crippen LogP contribution is -2.03. The summed E-state index contributed by atoms with van der Waals surface area (Å²) in [6.07, 6.45) is 1.72. The Morgan fingerprint density at radius 1 is 1.50 bits per heavy atom. The van der Waals surface area contributed by atoms with Gasteiger partial charge in [-0.3, -0.25) is 0 Å². The molecule has 1 heterocycles. The number of hydrogen-bond donors (Lipinski definition) is 1. The molecule has 1 aromatic heterocycles. The molecule has 0 atom stereocenters. The van der Waals surface area contributed by atoms with Crippen LogP contribution < -0.4 is 10.1 Å². The Balaban J connectivity index is 2.54. The fourth-order valence-corrected chi connectivity index (χ4v) is 1.67. The van der Waals surface area contributed by atoms with Crippen LogP contribution in [0, 0.1) is 11.3 Å². The Hall–Kier alpha value is -2.54. The van der Waals surface area contributed by atoms with E-state index in [1.165, 1.54) is 0 Å². The first kappa shape index (κ1) is 11.9. The Kier molecular flexibility index (Phi) is 3.44. The van der Waals surface area contributed by atoms with Crippen LogP contribution in [0.25, 0.3) is 10.9 Å². The SMILES string of the molecule is C=CCNc1nc2ccc(OC)cc2cc1C#N. The molecule has 1 aromatic carbocycles. The standard InChI is InChI=1S/C14H13N3O/c1-3-6-16-14-11(9-15)7-10-8-12(18-2)4-5-13(10)17-14/h3-5,7-8H,1,6H2,2H3,(H,16,17). The lowest BCUT2D eigenvalue weighted by Gasteiger charge is -2.08. The number of hydrogen-bond acceptors (Lipinski definition) is 4. The van der Waals surface area contributed by atoms with E-state index < -0.39 is 0 Å². The first-order valence-corrected chi connectivity index (χ1v) is 5.52. The van der Waals surface area contributed by atoms with Crippen LogP contribution in [0.15, 0.2) is 36.9 Å². The van der Waals surface area contributed by atoms with Crippen molar-refractivity contribution in [2.45, 2.75) is 0 Å². The van der Waals surface area contributed by atoms with E-state index in [-0.39, 0.29) is 0 Å². The third-order valence-electron chi connectivity index (χ3n) is 2.56. The van der Waals surface area contributed by atoms with Gasteiger partial charge in [0.15, 0.2) is 0 Å². The molecule has 0 saturated heterocycles. The Bertz CT molecular complexity index is 629. The van der Waals surface area contributed by atoms with Crippen molar-refractivity contribution in [3.05, 3.63) is 42.5 Å². The van der Waals surface area contributed by atoms with Crippen LogP contribution in [0.3, 0.4) is 0 Å². The molecular formula is C14H13N3O. The number of nitriles is 1. The highest BCUT2D eigenvalue weighted by Crippen LogP contribution is 2.23. The number of aromatic nitrogens is 1. The van der Waals surface area contributed by atoms with Crippen molar-refractivity contribution in [3.63, 3.8) is 0 Å². The number of rotatable bonds is 4. The van der Waals surface area contributed by atoms with Crippen LogP contribution in [0.2, 0.25) is 0 Å². The first-order chi connectivity index (χ1) is 8.78. The van der Waals surface area contributed by atoms with Gasteiger partial charge < -0.3 is 10.1 Å². The van der Waals surface area contributed by atoms with E-state index in [0.29, 0.717) is 17.9 Å². The largest absolute Gasteiger partial charge is 0.497 e. The third-order valence-corrected chi connectivity index (χ3v) is 2.56. The second kappa shape index (κ2) is 5.19. The van der Waals surface area contributed by atoms with Gasteiger partial charge in [-0.15, -0.1) is 6.58 Å². The summed E-state index contributed by atoms with van der Waals surface area (Å²) < 4.78 is 5.15. The highest BCUT2D eigenvalue weighted by atomic mass is 16.5. The lowest BCUT2D eigenvalue weighted by atomic mass is 10.1. The maximum atomic E-state index is 9.12. The normalized spacial score (nSPS) is 9.78. The van der Waals surface area contributed by atoms with Gasteiger partial charge >= 0.3 is 0 Å². The summed E-state index contributed by atoms with van der Waals surface area (Å²) in [6.45, 7) is 4.20. The number of methoxy groups -OCH3 is 1. The predicted molar refractivity (Wildman–Crippen MR) is 71.7 cm³/mol. The quantitative estimate of drug-likeness (QED) is 0.833. The second-order valence-electron chi connectivity index (χ2n) is 3.72. The Morgan fingerprint density at radius 2 is 2.33 bits per heavy atom. The van der Waals surface area contributed by atoms with Crippen molar-refractivity contribution < 1.29 is 4.74 Å². The number of fused-ring (bicyclic) bond motifs is 1. The van der Waals surface area contributed by atoms with Gasteiger partial charge in [0.2, 0.25) is 0 Å². The molecule has 0 aliphatic heterocycles. The third kappa shape index (κ3) is 2.25. The highest BCUT2D eigenvalue weighted by Gasteiger charge is 2.06. The maximum Gasteiger partial charge on any atom is 0.144 e.